The van der Waals surface area contributed by atoms with Gasteiger partial charge in [0.15, 0.2) is 0 Å². The van der Waals surface area contributed by atoms with Crippen LogP contribution in [-0.2, 0) is 0 Å². The van der Waals surface area contributed by atoms with Crippen LogP contribution in [0.5, 0.6) is 0 Å². The number of aryl methyl sites for hydroxylation is 2. The van der Waals surface area contributed by atoms with E-state index in [9.17, 15) is 9.90 Å². The second-order valence-corrected chi connectivity index (χ2v) is 5.05. The van der Waals surface area contributed by atoms with E-state index in [1.807, 2.05) is 21.0 Å². The van der Waals surface area contributed by atoms with Crippen LogP contribution in [0.3, 0.4) is 0 Å². The molecule has 19 heavy (non-hydrogen) atoms. The standard InChI is InChI=1S/C14H23N3O2/c1-10-9-11(2)16-13(12(10)14(18)19)15-7-5-6-8-17(3)4/h9H,5-8H2,1-4H3,(H,15,16)(H,18,19). The molecule has 0 fully saturated rings. The topological polar surface area (TPSA) is 65.5 Å². The average molecular weight is 265 g/mol. The van der Waals surface area contributed by atoms with Crippen molar-refractivity contribution < 1.29 is 9.90 Å². The van der Waals surface area contributed by atoms with E-state index in [0.29, 0.717) is 5.82 Å². The first-order valence-corrected chi connectivity index (χ1v) is 6.52. The first-order chi connectivity index (χ1) is 8.91. The monoisotopic (exact) mass is 265 g/mol. The molecular weight excluding hydrogens is 242 g/mol. The van der Waals surface area contributed by atoms with Crippen molar-refractivity contribution in [2.75, 3.05) is 32.5 Å². The van der Waals surface area contributed by atoms with Gasteiger partial charge >= 0.3 is 5.97 Å². The van der Waals surface area contributed by atoms with Gasteiger partial charge in [-0.1, -0.05) is 0 Å². The Hall–Kier alpha value is -1.62. The molecule has 1 aromatic rings. The summed E-state index contributed by atoms with van der Waals surface area (Å²) >= 11 is 0. The summed E-state index contributed by atoms with van der Waals surface area (Å²) in [7, 11) is 4.09. The van der Waals surface area contributed by atoms with E-state index >= 15 is 0 Å². The maximum absolute atomic E-state index is 11.2. The van der Waals surface area contributed by atoms with Crippen molar-refractivity contribution >= 4 is 11.8 Å². The fourth-order valence-electron chi connectivity index (χ4n) is 1.99. The Kier molecular flexibility index (Phi) is 5.76. The molecule has 5 heteroatoms. The van der Waals surface area contributed by atoms with Crippen LogP contribution in [0.1, 0.15) is 34.5 Å². The van der Waals surface area contributed by atoms with Gasteiger partial charge in [-0.25, -0.2) is 9.78 Å². The normalized spacial score (nSPS) is 10.8. The lowest BCUT2D eigenvalue weighted by Crippen LogP contribution is -2.15. The first kappa shape index (κ1) is 15.4. The molecule has 0 radical (unpaired) electrons. The van der Waals surface area contributed by atoms with Gasteiger partial charge in [0.2, 0.25) is 0 Å². The van der Waals surface area contributed by atoms with Crippen LogP contribution in [0.4, 0.5) is 5.82 Å². The fourth-order valence-corrected chi connectivity index (χ4v) is 1.99. The Morgan fingerprint density at radius 2 is 2.05 bits per heavy atom. The Balaban J connectivity index is 2.64. The second kappa shape index (κ2) is 7.09. The number of carboxylic acids is 1. The molecule has 0 aromatic carbocycles. The smallest absolute Gasteiger partial charge is 0.339 e. The molecule has 0 unspecified atom stereocenters. The van der Waals surface area contributed by atoms with E-state index in [4.69, 9.17) is 0 Å². The zero-order valence-corrected chi connectivity index (χ0v) is 12.2. The summed E-state index contributed by atoms with van der Waals surface area (Å²) in [4.78, 5) is 17.7. The molecule has 0 aliphatic rings. The average Bonchev–Trinajstić information content (AvgIpc) is 2.26. The highest BCUT2D eigenvalue weighted by Gasteiger charge is 2.15. The SMILES string of the molecule is Cc1cc(C)c(C(=O)O)c(NCCCCN(C)C)n1. The van der Waals surface area contributed by atoms with Crippen LogP contribution >= 0.6 is 0 Å². The van der Waals surface area contributed by atoms with Crippen molar-refractivity contribution in [1.82, 2.24) is 9.88 Å². The number of aromatic nitrogens is 1. The molecule has 0 spiro atoms. The number of carboxylic acid groups (broad SMARTS) is 1. The summed E-state index contributed by atoms with van der Waals surface area (Å²) in [5, 5.41) is 12.4. The summed E-state index contributed by atoms with van der Waals surface area (Å²) < 4.78 is 0. The highest BCUT2D eigenvalue weighted by molar-refractivity contribution is 5.94. The lowest BCUT2D eigenvalue weighted by atomic mass is 10.1. The third-order valence-corrected chi connectivity index (χ3v) is 2.88. The lowest BCUT2D eigenvalue weighted by Gasteiger charge is -2.13. The van der Waals surface area contributed by atoms with Gasteiger partial charge in [-0.05, 0) is 59.0 Å². The van der Waals surface area contributed by atoms with Gasteiger partial charge in [-0.2, -0.15) is 0 Å². The molecule has 0 atom stereocenters. The van der Waals surface area contributed by atoms with Gasteiger partial charge < -0.3 is 15.3 Å². The van der Waals surface area contributed by atoms with Crippen LogP contribution in [0.2, 0.25) is 0 Å². The minimum absolute atomic E-state index is 0.276. The largest absolute Gasteiger partial charge is 0.478 e. The quantitative estimate of drug-likeness (QED) is 0.740. The minimum atomic E-state index is -0.930. The number of nitrogens with one attached hydrogen (secondary N) is 1. The number of nitrogens with zero attached hydrogens (tertiary/aromatic N) is 2. The van der Waals surface area contributed by atoms with E-state index in [1.165, 1.54) is 0 Å². The molecule has 0 amide bonds. The van der Waals surface area contributed by atoms with Crippen LogP contribution < -0.4 is 5.32 Å². The molecule has 1 aromatic heterocycles. The third kappa shape index (κ3) is 4.87. The maximum atomic E-state index is 11.2. The van der Waals surface area contributed by atoms with Gasteiger partial charge in [0.1, 0.15) is 11.4 Å². The second-order valence-electron chi connectivity index (χ2n) is 5.05. The third-order valence-electron chi connectivity index (χ3n) is 2.88. The molecule has 106 valence electrons. The van der Waals surface area contributed by atoms with E-state index in [1.54, 1.807) is 13.0 Å². The molecule has 1 heterocycles. The number of rotatable bonds is 7. The first-order valence-electron chi connectivity index (χ1n) is 6.52. The Morgan fingerprint density at radius 1 is 1.37 bits per heavy atom. The minimum Gasteiger partial charge on any atom is -0.478 e. The molecule has 0 saturated carbocycles. The maximum Gasteiger partial charge on any atom is 0.339 e. The molecule has 1 rings (SSSR count). The summed E-state index contributed by atoms with van der Waals surface area (Å²) in [5.74, 6) is -0.448. The molecule has 0 saturated heterocycles. The summed E-state index contributed by atoms with van der Waals surface area (Å²) in [6, 6.07) is 1.79. The summed E-state index contributed by atoms with van der Waals surface area (Å²) in [6.45, 7) is 5.45. The number of carbonyl (C=O) groups is 1. The molecular formula is C14H23N3O2. The highest BCUT2D eigenvalue weighted by atomic mass is 16.4. The Labute approximate surface area is 114 Å². The predicted octanol–water partition coefficient (Wildman–Crippen LogP) is 2.15. The van der Waals surface area contributed by atoms with Gasteiger partial charge in [-0.15, -0.1) is 0 Å². The van der Waals surface area contributed by atoms with Crippen LogP contribution in [0.25, 0.3) is 0 Å². The number of hydrogen-bond donors (Lipinski definition) is 2. The fraction of sp³-hybridized carbons (Fsp3) is 0.571. The van der Waals surface area contributed by atoms with Crippen LogP contribution in [0, 0.1) is 13.8 Å². The Bertz CT molecular complexity index is 445. The van der Waals surface area contributed by atoms with E-state index in [-0.39, 0.29) is 5.56 Å². The number of aromatic carboxylic acids is 1. The van der Waals surface area contributed by atoms with Crippen molar-refractivity contribution in [3.05, 3.63) is 22.9 Å². The molecule has 5 nitrogen and oxygen atoms in total. The lowest BCUT2D eigenvalue weighted by molar-refractivity contribution is 0.0697. The molecule has 2 N–H and O–H groups in total. The molecule has 0 aliphatic heterocycles. The number of pyridine rings is 1. The zero-order chi connectivity index (χ0) is 14.4. The van der Waals surface area contributed by atoms with Crippen molar-refractivity contribution in [3.8, 4) is 0 Å². The summed E-state index contributed by atoms with van der Waals surface area (Å²) in [5.41, 5.74) is 1.85. The highest BCUT2D eigenvalue weighted by Crippen LogP contribution is 2.18. The van der Waals surface area contributed by atoms with Gasteiger partial charge in [-0.3, -0.25) is 0 Å². The van der Waals surface area contributed by atoms with Crippen molar-refractivity contribution in [1.29, 1.82) is 0 Å². The van der Waals surface area contributed by atoms with Crippen molar-refractivity contribution in [2.45, 2.75) is 26.7 Å². The number of hydrogen-bond acceptors (Lipinski definition) is 4. The van der Waals surface area contributed by atoms with Gasteiger partial charge in [0, 0.05) is 12.2 Å². The number of anilines is 1. The molecule has 0 aliphatic carbocycles. The van der Waals surface area contributed by atoms with Crippen LogP contribution in [0.15, 0.2) is 6.07 Å². The van der Waals surface area contributed by atoms with E-state index in [2.05, 4.69) is 15.2 Å². The number of unbranched alkanes of at least 4 members (excludes halogenated alkanes) is 1. The van der Waals surface area contributed by atoms with E-state index in [0.717, 1.165) is 37.2 Å². The Morgan fingerprint density at radius 3 is 2.63 bits per heavy atom. The van der Waals surface area contributed by atoms with Crippen LogP contribution in [-0.4, -0.2) is 48.1 Å². The van der Waals surface area contributed by atoms with E-state index < -0.39 is 5.97 Å². The predicted molar refractivity (Wildman–Crippen MR) is 76.9 cm³/mol. The van der Waals surface area contributed by atoms with Gasteiger partial charge in [0.05, 0.1) is 0 Å². The summed E-state index contributed by atoms with van der Waals surface area (Å²) in [6.07, 6.45) is 2.07. The van der Waals surface area contributed by atoms with Gasteiger partial charge in [0.25, 0.3) is 0 Å². The zero-order valence-electron chi connectivity index (χ0n) is 12.2. The molecule has 0 bridgehead atoms. The van der Waals surface area contributed by atoms with Crippen molar-refractivity contribution in [3.63, 3.8) is 0 Å². The van der Waals surface area contributed by atoms with Crippen molar-refractivity contribution in [2.24, 2.45) is 0 Å².